The third-order valence-electron chi connectivity index (χ3n) is 1.47. The minimum absolute atomic E-state index is 0.104. The number of carbonyl (C=O) groups excluding carboxylic acids is 1. The Kier molecular flexibility index (Phi) is 2.17. The van der Waals surface area contributed by atoms with E-state index in [9.17, 15) is 18.0 Å². The van der Waals surface area contributed by atoms with Crippen LogP contribution >= 0.6 is 0 Å². The topological polar surface area (TPSA) is 29.6 Å². The second-order valence-electron chi connectivity index (χ2n) is 2.43. The second kappa shape index (κ2) is 2.81. The molecule has 5 heteroatoms. The first-order valence-electron chi connectivity index (χ1n) is 3.20. The molecule has 0 spiro atoms. The quantitative estimate of drug-likeness (QED) is 0.469. The van der Waals surface area contributed by atoms with Crippen LogP contribution in [-0.4, -0.2) is 24.7 Å². The highest BCUT2D eigenvalue weighted by molar-refractivity contribution is 5.60. The molecule has 0 aromatic carbocycles. The fourth-order valence-corrected chi connectivity index (χ4v) is 0.814. The van der Waals surface area contributed by atoms with Crippen molar-refractivity contribution in [1.82, 2.24) is 0 Å². The van der Waals surface area contributed by atoms with Crippen LogP contribution in [-0.2, 0) is 9.53 Å². The van der Waals surface area contributed by atoms with Crippen molar-refractivity contribution in [3.63, 3.8) is 0 Å². The van der Waals surface area contributed by atoms with Gasteiger partial charge in [0.05, 0.1) is 6.10 Å². The van der Waals surface area contributed by atoms with Crippen LogP contribution < -0.4 is 0 Å². The molecule has 1 heterocycles. The van der Waals surface area contributed by atoms with Crippen molar-refractivity contribution in [3.05, 3.63) is 0 Å². The Hall–Kier alpha value is -0.580. The van der Waals surface area contributed by atoms with Crippen LogP contribution in [0, 0.1) is 0 Å². The predicted octanol–water partition coefficient (Wildman–Crippen LogP) is 1.30. The van der Waals surface area contributed by atoms with Crippen LogP contribution in [0.1, 0.15) is 12.8 Å². The lowest BCUT2D eigenvalue weighted by Gasteiger charge is -2.02. The van der Waals surface area contributed by atoms with Crippen molar-refractivity contribution in [1.29, 1.82) is 0 Å². The lowest BCUT2D eigenvalue weighted by molar-refractivity contribution is -0.136. The van der Waals surface area contributed by atoms with Crippen LogP contribution in [0.3, 0.4) is 0 Å². The molecular weight excluding hydrogens is 161 g/mol. The molecule has 11 heavy (non-hydrogen) atoms. The van der Waals surface area contributed by atoms with Crippen LogP contribution in [0.2, 0.25) is 0 Å². The molecule has 2 nitrogen and oxygen atoms in total. The zero-order valence-corrected chi connectivity index (χ0v) is 5.60. The normalized spacial score (nSPS) is 30.1. The molecule has 1 aliphatic heterocycles. The van der Waals surface area contributed by atoms with Gasteiger partial charge in [-0.1, -0.05) is 0 Å². The summed E-state index contributed by atoms with van der Waals surface area (Å²) in [6.45, 7) is 0. The molecule has 0 N–H and O–H groups in total. The number of carbonyl (C=O) groups is 1. The van der Waals surface area contributed by atoms with Gasteiger partial charge in [0.25, 0.3) is 0 Å². The van der Waals surface area contributed by atoms with Gasteiger partial charge in [-0.2, -0.15) is 13.2 Å². The van der Waals surface area contributed by atoms with Crippen LogP contribution in [0.25, 0.3) is 0 Å². The first-order valence-corrected chi connectivity index (χ1v) is 3.20. The first kappa shape index (κ1) is 8.52. The Morgan fingerprint density at radius 1 is 1.45 bits per heavy atom. The number of halogens is 3. The van der Waals surface area contributed by atoms with Gasteiger partial charge < -0.3 is 9.53 Å². The van der Waals surface area contributed by atoms with E-state index < -0.39 is 24.8 Å². The van der Waals surface area contributed by atoms with E-state index in [1.165, 1.54) is 0 Å². The summed E-state index contributed by atoms with van der Waals surface area (Å²) >= 11 is 0. The molecule has 64 valence electrons. The van der Waals surface area contributed by atoms with Crippen molar-refractivity contribution in [2.45, 2.75) is 31.2 Å². The zero-order valence-electron chi connectivity index (χ0n) is 5.60. The molecule has 0 bridgehead atoms. The number of ether oxygens (including phenoxy) is 1. The van der Waals surface area contributed by atoms with Crippen molar-refractivity contribution < 1.29 is 22.7 Å². The Morgan fingerprint density at radius 3 is 2.45 bits per heavy atom. The summed E-state index contributed by atoms with van der Waals surface area (Å²) in [7, 11) is 0. The maximum atomic E-state index is 11.5. The Labute approximate surface area is 61.3 Å². The van der Waals surface area contributed by atoms with E-state index in [1.54, 1.807) is 0 Å². The Bertz CT molecular complexity index is 154. The average Bonchev–Trinajstić information content (AvgIpc) is 2.60. The highest BCUT2D eigenvalue weighted by atomic mass is 19.4. The number of rotatable bonds is 3. The monoisotopic (exact) mass is 168 g/mol. The first-order chi connectivity index (χ1) is 5.03. The summed E-state index contributed by atoms with van der Waals surface area (Å²) in [6.07, 6.45) is -5.67. The fourth-order valence-electron chi connectivity index (χ4n) is 0.814. The molecular formula is C6H7F3O2. The van der Waals surface area contributed by atoms with E-state index in [2.05, 4.69) is 4.74 Å². The van der Waals surface area contributed by atoms with Gasteiger partial charge >= 0.3 is 6.18 Å². The van der Waals surface area contributed by atoms with E-state index in [4.69, 9.17) is 0 Å². The van der Waals surface area contributed by atoms with Crippen molar-refractivity contribution in [3.8, 4) is 0 Å². The Balaban J connectivity index is 2.11. The predicted molar refractivity (Wildman–Crippen MR) is 30.0 cm³/mol. The summed E-state index contributed by atoms with van der Waals surface area (Å²) in [5.74, 6) is 0. The van der Waals surface area contributed by atoms with Crippen LogP contribution in [0.15, 0.2) is 0 Å². The van der Waals surface area contributed by atoms with E-state index in [0.717, 1.165) is 0 Å². The summed E-state index contributed by atoms with van der Waals surface area (Å²) in [4.78, 5) is 9.90. The maximum Gasteiger partial charge on any atom is 0.389 e. The molecule has 1 fully saturated rings. The van der Waals surface area contributed by atoms with Crippen LogP contribution in [0.5, 0.6) is 0 Å². The standard InChI is InChI=1S/C6H7F3O2/c7-6(8,9)2-1-4-5(3-10)11-4/h3-5H,1-2H2/t4?,5-/m0/s1. The average molecular weight is 168 g/mol. The maximum absolute atomic E-state index is 11.5. The fraction of sp³-hybridized carbons (Fsp3) is 0.833. The SMILES string of the molecule is O=C[C@@H]1OC1CCC(F)(F)F. The molecule has 0 saturated carbocycles. The molecule has 0 aromatic heterocycles. The van der Waals surface area contributed by atoms with Gasteiger partial charge in [0.1, 0.15) is 6.10 Å². The van der Waals surface area contributed by atoms with Gasteiger partial charge in [-0.05, 0) is 6.42 Å². The molecule has 0 aromatic rings. The van der Waals surface area contributed by atoms with Gasteiger partial charge in [-0.25, -0.2) is 0 Å². The van der Waals surface area contributed by atoms with Gasteiger partial charge in [-0.15, -0.1) is 0 Å². The summed E-state index contributed by atoms with van der Waals surface area (Å²) in [5, 5.41) is 0. The van der Waals surface area contributed by atoms with Gasteiger partial charge in [0.15, 0.2) is 6.29 Å². The number of alkyl halides is 3. The molecule has 0 aliphatic carbocycles. The summed E-state index contributed by atoms with van der Waals surface area (Å²) in [5.41, 5.74) is 0. The van der Waals surface area contributed by atoms with Crippen molar-refractivity contribution >= 4 is 6.29 Å². The summed E-state index contributed by atoms with van der Waals surface area (Å²) < 4.78 is 39.2. The van der Waals surface area contributed by atoms with E-state index in [0.29, 0.717) is 6.29 Å². The van der Waals surface area contributed by atoms with Gasteiger partial charge in [0.2, 0.25) is 0 Å². The zero-order chi connectivity index (χ0) is 8.48. The third kappa shape index (κ3) is 2.88. The molecule has 1 saturated heterocycles. The van der Waals surface area contributed by atoms with Gasteiger partial charge in [0, 0.05) is 6.42 Å². The van der Waals surface area contributed by atoms with Crippen molar-refractivity contribution in [2.75, 3.05) is 0 Å². The van der Waals surface area contributed by atoms with E-state index in [1.807, 2.05) is 0 Å². The van der Waals surface area contributed by atoms with Crippen LogP contribution in [0.4, 0.5) is 13.2 Å². The summed E-state index contributed by atoms with van der Waals surface area (Å²) in [6, 6.07) is 0. The lowest BCUT2D eigenvalue weighted by atomic mass is 10.2. The lowest BCUT2D eigenvalue weighted by Crippen LogP contribution is -2.09. The third-order valence-corrected chi connectivity index (χ3v) is 1.47. The molecule has 1 rings (SSSR count). The number of aldehydes is 1. The molecule has 0 amide bonds. The van der Waals surface area contributed by atoms with Gasteiger partial charge in [-0.3, -0.25) is 0 Å². The van der Waals surface area contributed by atoms with E-state index >= 15 is 0 Å². The molecule has 1 aliphatic rings. The smallest absolute Gasteiger partial charge is 0.362 e. The van der Waals surface area contributed by atoms with Crippen molar-refractivity contribution in [2.24, 2.45) is 0 Å². The number of hydrogen-bond donors (Lipinski definition) is 0. The minimum Gasteiger partial charge on any atom is -0.362 e. The second-order valence-corrected chi connectivity index (χ2v) is 2.43. The largest absolute Gasteiger partial charge is 0.389 e. The Morgan fingerprint density at radius 2 is 2.09 bits per heavy atom. The molecule has 0 radical (unpaired) electrons. The molecule has 2 atom stereocenters. The highest BCUT2D eigenvalue weighted by Crippen LogP contribution is 2.30. The number of epoxide rings is 1. The minimum atomic E-state index is -4.14. The highest BCUT2D eigenvalue weighted by Gasteiger charge is 2.41. The van der Waals surface area contributed by atoms with E-state index in [-0.39, 0.29) is 6.42 Å². The molecule has 1 unspecified atom stereocenters. The number of hydrogen-bond acceptors (Lipinski definition) is 2.